The van der Waals surface area contributed by atoms with Crippen LogP contribution in [0.25, 0.3) is 0 Å². The van der Waals surface area contributed by atoms with Crippen LogP contribution in [-0.2, 0) is 28.4 Å². The summed E-state index contributed by atoms with van der Waals surface area (Å²) in [5, 5.41) is 106. The summed E-state index contributed by atoms with van der Waals surface area (Å²) in [6.45, 7) is 7.95. The number of rotatable bonds is 9. The van der Waals surface area contributed by atoms with Gasteiger partial charge in [-0.05, 0) is 45.4 Å². The van der Waals surface area contributed by atoms with Gasteiger partial charge in [0.1, 0.15) is 67.1 Å². The van der Waals surface area contributed by atoms with Crippen LogP contribution < -0.4 is 0 Å². The fourth-order valence-electron chi connectivity index (χ4n) is 7.55. The van der Waals surface area contributed by atoms with E-state index in [1.165, 1.54) is 18.1 Å². The predicted molar refractivity (Wildman–Crippen MR) is 161 cm³/mol. The van der Waals surface area contributed by atoms with Crippen LogP contribution in [0.1, 0.15) is 46.5 Å². The minimum absolute atomic E-state index is 0.227. The van der Waals surface area contributed by atoms with Crippen LogP contribution in [-0.4, -0.2) is 169 Å². The first kappa shape index (κ1) is 38.1. The molecule has 0 unspecified atom stereocenters. The van der Waals surface area contributed by atoms with Crippen molar-refractivity contribution >= 4 is 0 Å². The van der Waals surface area contributed by atoms with Crippen molar-refractivity contribution < 1.29 is 79.5 Å². The summed E-state index contributed by atoms with van der Waals surface area (Å²) in [6, 6.07) is 0. The van der Waals surface area contributed by atoms with Crippen LogP contribution in [0.15, 0.2) is 23.3 Å². The van der Waals surface area contributed by atoms with Crippen LogP contribution in [0.3, 0.4) is 0 Å². The molecule has 19 atom stereocenters. The van der Waals surface area contributed by atoms with E-state index in [1.807, 2.05) is 13.8 Å². The van der Waals surface area contributed by atoms with E-state index in [2.05, 4.69) is 6.58 Å². The largest absolute Gasteiger partial charge is 0.394 e. The summed E-state index contributed by atoms with van der Waals surface area (Å²) in [4.78, 5) is 0. The third-order valence-electron chi connectivity index (χ3n) is 10.6. The minimum Gasteiger partial charge on any atom is -0.394 e. The van der Waals surface area contributed by atoms with E-state index in [1.54, 1.807) is 0 Å². The van der Waals surface area contributed by atoms with Crippen LogP contribution in [0, 0.1) is 11.8 Å². The summed E-state index contributed by atoms with van der Waals surface area (Å²) in [5.41, 5.74) is 3.45. The molecule has 5 rings (SSSR count). The zero-order valence-electron chi connectivity index (χ0n) is 27.3. The number of aliphatic hydroxyl groups excluding tert-OH is 10. The maximum atomic E-state index is 11.1. The quantitative estimate of drug-likeness (QED) is 0.108. The van der Waals surface area contributed by atoms with Crippen molar-refractivity contribution in [3.8, 4) is 0 Å². The second kappa shape index (κ2) is 15.6. The predicted octanol–water partition coefficient (Wildman–Crippen LogP) is -3.08. The van der Waals surface area contributed by atoms with Crippen LogP contribution >= 0.6 is 0 Å². The van der Waals surface area contributed by atoms with Crippen molar-refractivity contribution in [2.75, 3.05) is 13.2 Å². The molecule has 0 aromatic heterocycles. The van der Waals surface area contributed by atoms with Gasteiger partial charge < -0.3 is 79.5 Å². The number of aliphatic hydroxyl groups is 10. The van der Waals surface area contributed by atoms with Gasteiger partial charge in [-0.1, -0.05) is 30.2 Å². The molecule has 0 bridgehead atoms. The van der Waals surface area contributed by atoms with E-state index < -0.39 is 118 Å². The van der Waals surface area contributed by atoms with E-state index in [-0.39, 0.29) is 5.92 Å². The highest BCUT2D eigenvalue weighted by atomic mass is 16.8. The number of ether oxygens (including phenoxy) is 6. The van der Waals surface area contributed by atoms with Crippen LogP contribution in [0.2, 0.25) is 0 Å². The van der Waals surface area contributed by atoms with Crippen molar-refractivity contribution in [2.24, 2.45) is 11.8 Å². The second-order valence-corrected chi connectivity index (χ2v) is 13.9. The second-order valence-electron chi connectivity index (χ2n) is 13.9. The average molecular weight is 693 g/mol. The van der Waals surface area contributed by atoms with Gasteiger partial charge in [-0.3, -0.25) is 0 Å². The molecular formula is C32H52O16. The number of hydrogen-bond donors (Lipinski definition) is 10. The Labute approximate surface area is 278 Å². The van der Waals surface area contributed by atoms with E-state index in [9.17, 15) is 51.1 Å². The summed E-state index contributed by atoms with van der Waals surface area (Å²) in [6.07, 6.45) is -22.2. The molecule has 0 amide bonds. The third kappa shape index (κ3) is 7.41. The van der Waals surface area contributed by atoms with Gasteiger partial charge in [0.2, 0.25) is 0 Å². The molecule has 0 spiro atoms. The Morgan fingerprint density at radius 3 is 1.65 bits per heavy atom. The summed E-state index contributed by atoms with van der Waals surface area (Å²) in [7, 11) is 0. The Hall–Kier alpha value is -1.16. The molecule has 3 heterocycles. The van der Waals surface area contributed by atoms with E-state index >= 15 is 0 Å². The molecule has 0 radical (unpaired) electrons. The Bertz CT molecular complexity index is 1130. The van der Waals surface area contributed by atoms with Gasteiger partial charge in [0, 0.05) is 5.92 Å². The molecule has 0 aromatic rings. The smallest absolute Gasteiger partial charge is 0.187 e. The first-order valence-corrected chi connectivity index (χ1v) is 16.6. The Kier molecular flexibility index (Phi) is 12.4. The van der Waals surface area contributed by atoms with E-state index in [0.29, 0.717) is 12.3 Å². The average Bonchev–Trinajstić information content (AvgIpc) is 3.06. The monoisotopic (exact) mass is 692 g/mol. The zero-order valence-corrected chi connectivity index (χ0v) is 27.3. The standard InChI is InChI=1S/C32H52O16/c1-11(2)14-5-6-15-8-17(35)27(12(3)16(15)7-14)46-31-25(41)22(38)29(19(10-34)44-31)48-32-26(42)23(39)28(18(9-33)45-32)47-30-24(40)21(37)20(36)13(4)43-30/h12-14,17-42H,1,5-10H2,2-4H3/t12-,13-,14+,17+,18+,19+,20-,21+,22+,23+,24+,25+,26+,27+,28+,29+,30-,31-,32-/m0/s1. The van der Waals surface area contributed by atoms with Crippen molar-refractivity contribution in [2.45, 2.75) is 151 Å². The normalized spacial score (nSPS) is 50.2. The number of allylic oxidation sites excluding steroid dienone is 1. The number of hydrogen-bond acceptors (Lipinski definition) is 16. The molecular weight excluding hydrogens is 640 g/mol. The van der Waals surface area contributed by atoms with Crippen LogP contribution in [0.5, 0.6) is 0 Å². The zero-order chi connectivity index (χ0) is 35.2. The molecule has 3 aliphatic heterocycles. The fraction of sp³-hybridized carbons (Fsp3) is 0.875. The lowest BCUT2D eigenvalue weighted by molar-refractivity contribution is -0.381. The van der Waals surface area contributed by atoms with Gasteiger partial charge in [-0.25, -0.2) is 0 Å². The lowest BCUT2D eigenvalue weighted by Crippen LogP contribution is -2.66. The highest BCUT2D eigenvalue weighted by Gasteiger charge is 2.54. The van der Waals surface area contributed by atoms with Crippen molar-refractivity contribution in [1.82, 2.24) is 0 Å². The Morgan fingerprint density at radius 1 is 0.667 bits per heavy atom. The fourth-order valence-corrected chi connectivity index (χ4v) is 7.55. The van der Waals surface area contributed by atoms with Gasteiger partial charge >= 0.3 is 0 Å². The molecule has 0 aromatic carbocycles. The summed E-state index contributed by atoms with van der Waals surface area (Å²) < 4.78 is 34.3. The third-order valence-corrected chi connectivity index (χ3v) is 10.6. The molecule has 10 N–H and O–H groups in total. The highest BCUT2D eigenvalue weighted by Crippen LogP contribution is 2.45. The van der Waals surface area contributed by atoms with Crippen molar-refractivity contribution in [3.05, 3.63) is 23.3 Å². The highest BCUT2D eigenvalue weighted by molar-refractivity contribution is 5.28. The van der Waals surface area contributed by atoms with Gasteiger partial charge in [0.15, 0.2) is 18.9 Å². The molecule has 276 valence electrons. The van der Waals surface area contributed by atoms with Crippen molar-refractivity contribution in [1.29, 1.82) is 0 Å². The SMILES string of the molecule is C=C(C)[C@@H]1CCC2=C(C1)[C@H](C)[C@@H](O[C@@H]1O[C@H](CO)[C@@H](O[C@@H]3O[C@H](CO)[C@@H](O[C@@H]4O[C@@H](C)[C@H](O)[C@@H](O)[C@H]4O)[C@H](O)[C@H]3O)[C@H](O)[C@H]1O)[C@H](O)C2. The van der Waals surface area contributed by atoms with Gasteiger partial charge in [0.05, 0.1) is 31.5 Å². The first-order valence-electron chi connectivity index (χ1n) is 16.6. The molecule has 5 aliphatic rings. The molecule has 0 saturated carbocycles. The maximum absolute atomic E-state index is 11.1. The van der Waals surface area contributed by atoms with Gasteiger partial charge in [0.25, 0.3) is 0 Å². The molecule has 16 heteroatoms. The Morgan fingerprint density at radius 2 is 1.15 bits per heavy atom. The topological polar surface area (TPSA) is 258 Å². The lowest BCUT2D eigenvalue weighted by atomic mass is 9.70. The van der Waals surface area contributed by atoms with Crippen LogP contribution in [0.4, 0.5) is 0 Å². The summed E-state index contributed by atoms with van der Waals surface area (Å²) in [5.74, 6) is 0.0907. The van der Waals surface area contributed by atoms with E-state index in [4.69, 9.17) is 28.4 Å². The first-order chi connectivity index (χ1) is 22.7. The van der Waals surface area contributed by atoms with E-state index in [0.717, 1.165) is 24.8 Å². The minimum atomic E-state index is -1.89. The summed E-state index contributed by atoms with van der Waals surface area (Å²) >= 11 is 0. The molecule has 3 fully saturated rings. The molecule has 3 saturated heterocycles. The molecule has 48 heavy (non-hydrogen) atoms. The Balaban J connectivity index is 1.24. The lowest BCUT2D eigenvalue weighted by Gasteiger charge is -2.49. The maximum Gasteiger partial charge on any atom is 0.187 e. The molecule has 16 nitrogen and oxygen atoms in total. The van der Waals surface area contributed by atoms with Crippen molar-refractivity contribution in [3.63, 3.8) is 0 Å². The van der Waals surface area contributed by atoms with Gasteiger partial charge in [-0.2, -0.15) is 0 Å². The molecule has 2 aliphatic carbocycles. The van der Waals surface area contributed by atoms with Gasteiger partial charge in [-0.15, -0.1) is 0 Å².